The van der Waals surface area contributed by atoms with Gasteiger partial charge < -0.3 is 16.0 Å². The fourth-order valence-corrected chi connectivity index (χ4v) is 3.87. The molecule has 2 aliphatic heterocycles. The van der Waals surface area contributed by atoms with E-state index in [4.69, 9.17) is 11.0 Å². The van der Waals surface area contributed by atoms with Gasteiger partial charge in [0, 0.05) is 37.2 Å². The highest BCUT2D eigenvalue weighted by Crippen LogP contribution is 2.26. The number of hydrogen-bond acceptors (Lipinski definition) is 5. The van der Waals surface area contributed by atoms with Gasteiger partial charge >= 0.3 is 0 Å². The van der Waals surface area contributed by atoms with Gasteiger partial charge in [0.15, 0.2) is 5.78 Å². The van der Waals surface area contributed by atoms with Crippen LogP contribution < -0.4 is 11.1 Å². The predicted octanol–water partition coefficient (Wildman–Crippen LogP) is 1.81. The van der Waals surface area contributed by atoms with Gasteiger partial charge in [0.1, 0.15) is 0 Å². The first-order chi connectivity index (χ1) is 14.6. The predicted molar refractivity (Wildman–Crippen MR) is 114 cm³/mol. The number of likely N-dealkylation sites (tertiary alicyclic amines) is 1. The molecule has 0 bridgehead atoms. The molecule has 0 spiro atoms. The van der Waals surface area contributed by atoms with Gasteiger partial charge in [-0.3, -0.25) is 9.59 Å². The van der Waals surface area contributed by atoms with E-state index in [0.717, 1.165) is 17.7 Å². The van der Waals surface area contributed by atoms with Crippen LogP contribution in [-0.2, 0) is 16.0 Å². The minimum atomic E-state index is -0.302. The average Bonchev–Trinajstić information content (AvgIpc) is 3.62. The van der Waals surface area contributed by atoms with Gasteiger partial charge in [-0.1, -0.05) is 36.4 Å². The average molecular weight is 400 g/mol. The van der Waals surface area contributed by atoms with Gasteiger partial charge in [0.2, 0.25) is 5.91 Å². The molecule has 2 saturated heterocycles. The Morgan fingerprint density at radius 2 is 1.90 bits per heavy atom. The SMILES string of the molecule is N#Cc1ccc(/C=C2\CN(C(=O)CN)CC(Cc3ccc(C4CN4)cc3)C2=O)cc1. The largest absolute Gasteiger partial charge is 0.336 e. The van der Waals surface area contributed by atoms with Crippen molar-refractivity contribution in [3.05, 3.63) is 76.4 Å². The third kappa shape index (κ3) is 4.48. The van der Waals surface area contributed by atoms with E-state index in [9.17, 15) is 9.59 Å². The minimum Gasteiger partial charge on any atom is -0.336 e. The van der Waals surface area contributed by atoms with Crippen LogP contribution in [0.3, 0.4) is 0 Å². The number of Topliss-reactive ketones (excluding diaryl/α,β-unsaturated/α-hetero) is 1. The molecular weight excluding hydrogens is 376 g/mol. The fraction of sp³-hybridized carbons (Fsp3) is 0.292. The first-order valence-electron chi connectivity index (χ1n) is 10.1. The Morgan fingerprint density at radius 1 is 1.20 bits per heavy atom. The molecule has 30 heavy (non-hydrogen) atoms. The zero-order valence-electron chi connectivity index (χ0n) is 16.7. The lowest BCUT2D eigenvalue weighted by Crippen LogP contribution is -2.48. The van der Waals surface area contributed by atoms with Crippen molar-refractivity contribution in [2.45, 2.75) is 12.5 Å². The lowest BCUT2D eigenvalue weighted by atomic mass is 9.86. The zero-order chi connectivity index (χ0) is 21.1. The number of rotatable bonds is 5. The maximum absolute atomic E-state index is 13.2. The topological polar surface area (TPSA) is 109 Å². The van der Waals surface area contributed by atoms with Crippen LogP contribution in [0.2, 0.25) is 0 Å². The molecule has 2 unspecified atom stereocenters. The summed E-state index contributed by atoms with van der Waals surface area (Å²) in [6.45, 7) is 1.58. The van der Waals surface area contributed by atoms with Gasteiger partial charge in [0.25, 0.3) is 0 Å². The summed E-state index contributed by atoms with van der Waals surface area (Å²) in [5.74, 6) is -0.398. The molecule has 2 aromatic carbocycles. The summed E-state index contributed by atoms with van der Waals surface area (Å²) in [4.78, 5) is 27.2. The normalized spacial score (nSPS) is 22.1. The molecule has 6 nitrogen and oxygen atoms in total. The Hall–Kier alpha value is -3.27. The second-order valence-electron chi connectivity index (χ2n) is 7.85. The molecule has 2 aromatic rings. The van der Waals surface area contributed by atoms with Gasteiger partial charge in [-0.2, -0.15) is 5.26 Å². The van der Waals surface area contributed by atoms with E-state index in [1.165, 1.54) is 5.56 Å². The van der Waals surface area contributed by atoms with E-state index < -0.39 is 0 Å². The Kier molecular flexibility index (Phi) is 5.75. The lowest BCUT2D eigenvalue weighted by Gasteiger charge is -2.33. The van der Waals surface area contributed by atoms with Crippen molar-refractivity contribution < 1.29 is 9.59 Å². The number of piperidine rings is 1. The van der Waals surface area contributed by atoms with Crippen molar-refractivity contribution in [2.24, 2.45) is 11.7 Å². The molecule has 4 rings (SSSR count). The second-order valence-corrected chi connectivity index (χ2v) is 7.85. The Labute approximate surface area is 176 Å². The monoisotopic (exact) mass is 400 g/mol. The van der Waals surface area contributed by atoms with Gasteiger partial charge in [-0.05, 0) is 41.3 Å². The summed E-state index contributed by atoms with van der Waals surface area (Å²) in [5, 5.41) is 12.2. The summed E-state index contributed by atoms with van der Waals surface area (Å²) in [6.07, 6.45) is 2.39. The fourth-order valence-electron chi connectivity index (χ4n) is 3.87. The number of benzene rings is 2. The van der Waals surface area contributed by atoms with Gasteiger partial charge in [0.05, 0.1) is 18.2 Å². The molecule has 2 atom stereocenters. The number of ketones is 1. The van der Waals surface area contributed by atoms with E-state index in [2.05, 4.69) is 35.7 Å². The molecule has 2 fully saturated rings. The van der Waals surface area contributed by atoms with Crippen molar-refractivity contribution in [2.75, 3.05) is 26.2 Å². The maximum Gasteiger partial charge on any atom is 0.236 e. The second kappa shape index (κ2) is 8.62. The van der Waals surface area contributed by atoms with Crippen molar-refractivity contribution in [1.82, 2.24) is 10.2 Å². The number of nitrogens with one attached hydrogen (secondary N) is 1. The quantitative estimate of drug-likeness (QED) is 0.588. The summed E-state index contributed by atoms with van der Waals surface area (Å²) >= 11 is 0. The number of carbonyl (C=O) groups is 2. The van der Waals surface area contributed by atoms with Crippen LogP contribution in [0.15, 0.2) is 54.1 Å². The lowest BCUT2D eigenvalue weighted by molar-refractivity contribution is -0.133. The Morgan fingerprint density at radius 3 is 2.50 bits per heavy atom. The number of amides is 1. The first-order valence-corrected chi connectivity index (χ1v) is 10.1. The highest BCUT2D eigenvalue weighted by atomic mass is 16.2. The number of carbonyl (C=O) groups excluding carboxylic acids is 2. The van der Waals surface area contributed by atoms with Crippen LogP contribution >= 0.6 is 0 Å². The number of nitrogens with two attached hydrogens (primary N) is 1. The summed E-state index contributed by atoms with van der Waals surface area (Å²) in [7, 11) is 0. The van der Waals surface area contributed by atoms with E-state index in [1.54, 1.807) is 17.0 Å². The number of nitriles is 1. The van der Waals surface area contributed by atoms with Crippen LogP contribution in [0.4, 0.5) is 0 Å². The minimum absolute atomic E-state index is 0.0633. The highest BCUT2D eigenvalue weighted by Gasteiger charge is 2.33. The van der Waals surface area contributed by atoms with Crippen LogP contribution in [-0.4, -0.2) is 42.8 Å². The maximum atomic E-state index is 13.2. The van der Waals surface area contributed by atoms with E-state index in [1.807, 2.05) is 18.2 Å². The molecule has 2 aliphatic rings. The van der Waals surface area contributed by atoms with E-state index >= 15 is 0 Å². The molecule has 3 N–H and O–H groups in total. The molecule has 0 saturated carbocycles. The molecule has 1 amide bonds. The molecule has 0 aliphatic carbocycles. The molecule has 2 heterocycles. The van der Waals surface area contributed by atoms with Crippen LogP contribution in [0, 0.1) is 17.2 Å². The van der Waals surface area contributed by atoms with Crippen LogP contribution in [0.25, 0.3) is 6.08 Å². The van der Waals surface area contributed by atoms with Gasteiger partial charge in [-0.25, -0.2) is 0 Å². The van der Waals surface area contributed by atoms with Crippen molar-refractivity contribution in [1.29, 1.82) is 5.26 Å². The number of nitrogens with zero attached hydrogens (tertiary/aromatic N) is 2. The summed E-state index contributed by atoms with van der Waals surface area (Å²) in [5.41, 5.74) is 9.92. The summed E-state index contributed by atoms with van der Waals surface area (Å²) in [6, 6.07) is 17.9. The molecule has 6 heteroatoms. The van der Waals surface area contributed by atoms with Crippen molar-refractivity contribution in [3.8, 4) is 6.07 Å². The standard InChI is InChI=1S/C24H24N4O2/c25-11-18-3-1-16(2-4-18)9-20-14-28(23(29)12-26)15-21(24(20)30)10-17-5-7-19(8-6-17)22-13-27-22/h1-9,21-22,27H,10,12-15,26H2/b20-9+. The van der Waals surface area contributed by atoms with E-state index in [0.29, 0.717) is 30.1 Å². The third-order valence-electron chi connectivity index (χ3n) is 5.67. The first kappa shape index (κ1) is 20.0. The number of hydrogen-bond donors (Lipinski definition) is 2. The molecule has 0 aromatic heterocycles. The highest BCUT2D eigenvalue weighted by molar-refractivity contribution is 6.03. The Balaban J connectivity index is 1.56. The van der Waals surface area contributed by atoms with Crippen molar-refractivity contribution >= 4 is 17.8 Å². The van der Waals surface area contributed by atoms with Crippen LogP contribution in [0.1, 0.15) is 28.3 Å². The molecular formula is C24H24N4O2. The molecule has 0 radical (unpaired) electrons. The summed E-state index contributed by atoms with van der Waals surface area (Å²) < 4.78 is 0. The van der Waals surface area contributed by atoms with Crippen molar-refractivity contribution in [3.63, 3.8) is 0 Å². The van der Waals surface area contributed by atoms with Crippen LogP contribution in [0.5, 0.6) is 0 Å². The zero-order valence-corrected chi connectivity index (χ0v) is 16.7. The Bertz CT molecular complexity index is 1010. The van der Waals surface area contributed by atoms with Gasteiger partial charge in [-0.15, -0.1) is 0 Å². The molecule has 152 valence electrons. The third-order valence-corrected chi connectivity index (χ3v) is 5.67. The smallest absolute Gasteiger partial charge is 0.236 e. The van der Waals surface area contributed by atoms with E-state index in [-0.39, 0.29) is 30.7 Å².